The summed E-state index contributed by atoms with van der Waals surface area (Å²) in [5.74, 6) is 0. The molecule has 0 saturated carbocycles. The molecule has 18 heavy (non-hydrogen) atoms. The second-order valence-electron chi connectivity index (χ2n) is 5.17. The van der Waals surface area contributed by atoms with Crippen molar-refractivity contribution in [2.24, 2.45) is 0 Å². The normalized spacial score (nSPS) is 14.7. The molecule has 0 bridgehead atoms. The summed E-state index contributed by atoms with van der Waals surface area (Å²) in [6.45, 7) is 11.2. The quantitative estimate of drug-likeness (QED) is 0.762. The van der Waals surface area contributed by atoms with Gasteiger partial charge in [0, 0.05) is 24.6 Å². The average molecular weight is 249 g/mol. The van der Waals surface area contributed by atoms with Crippen LogP contribution in [0.2, 0.25) is 0 Å². The van der Waals surface area contributed by atoms with Crippen LogP contribution in [-0.2, 0) is 10.2 Å². The molecule has 0 heterocycles. The van der Waals surface area contributed by atoms with E-state index in [1.807, 2.05) is 0 Å². The maximum atomic E-state index is 5.74. The molecule has 0 fully saturated rings. The molecule has 2 nitrogen and oxygen atoms in total. The summed E-state index contributed by atoms with van der Waals surface area (Å²) in [5, 5.41) is 3.56. The van der Waals surface area contributed by atoms with Crippen LogP contribution >= 0.6 is 0 Å². The van der Waals surface area contributed by atoms with Crippen LogP contribution in [-0.4, -0.2) is 25.8 Å². The maximum absolute atomic E-state index is 5.74. The topological polar surface area (TPSA) is 21.3 Å². The number of ether oxygens (including phenoxy) is 1. The fourth-order valence-electron chi connectivity index (χ4n) is 2.16. The number of hydrogen-bond acceptors (Lipinski definition) is 2. The molecule has 0 aliphatic carbocycles. The molecule has 0 radical (unpaired) electrons. The Morgan fingerprint density at radius 3 is 2.33 bits per heavy atom. The van der Waals surface area contributed by atoms with Crippen LogP contribution in [0.3, 0.4) is 0 Å². The van der Waals surface area contributed by atoms with Crippen LogP contribution in [0.1, 0.15) is 39.7 Å². The van der Waals surface area contributed by atoms with Crippen molar-refractivity contribution in [1.29, 1.82) is 0 Å². The van der Waals surface area contributed by atoms with Crippen molar-refractivity contribution < 1.29 is 4.74 Å². The van der Waals surface area contributed by atoms with E-state index in [2.05, 4.69) is 63.3 Å². The van der Waals surface area contributed by atoms with Gasteiger partial charge in [0.1, 0.15) is 0 Å². The zero-order valence-corrected chi connectivity index (χ0v) is 12.2. The third-order valence-corrected chi connectivity index (χ3v) is 3.49. The summed E-state index contributed by atoms with van der Waals surface area (Å²) in [6.07, 6.45) is 1.08. The zero-order chi connectivity index (χ0) is 13.4. The van der Waals surface area contributed by atoms with Crippen molar-refractivity contribution in [2.45, 2.75) is 45.6 Å². The van der Waals surface area contributed by atoms with Gasteiger partial charge in [0.25, 0.3) is 0 Å². The van der Waals surface area contributed by atoms with E-state index < -0.39 is 0 Å². The summed E-state index contributed by atoms with van der Waals surface area (Å²) >= 11 is 0. The second kappa shape index (κ2) is 7.55. The summed E-state index contributed by atoms with van der Waals surface area (Å²) in [7, 11) is 0. The first kappa shape index (κ1) is 15.2. The molecular weight excluding hydrogens is 222 g/mol. The van der Waals surface area contributed by atoms with Gasteiger partial charge in [0.05, 0.1) is 6.61 Å². The predicted octanol–water partition coefficient (Wildman–Crippen LogP) is 3.37. The van der Waals surface area contributed by atoms with Crippen LogP contribution in [0.25, 0.3) is 0 Å². The molecule has 0 aliphatic heterocycles. The van der Waals surface area contributed by atoms with Gasteiger partial charge >= 0.3 is 0 Å². The first-order valence-corrected chi connectivity index (χ1v) is 7.01. The molecule has 102 valence electrons. The molecule has 1 N–H and O–H groups in total. The van der Waals surface area contributed by atoms with Crippen LogP contribution in [0.5, 0.6) is 0 Å². The SMILES string of the molecule is CCOCC(CC)(CNC(C)C)c1ccccc1. The van der Waals surface area contributed by atoms with Gasteiger partial charge in [-0.1, -0.05) is 51.1 Å². The Hall–Kier alpha value is -0.860. The minimum atomic E-state index is 0.0849. The zero-order valence-electron chi connectivity index (χ0n) is 12.2. The van der Waals surface area contributed by atoms with Crippen molar-refractivity contribution >= 4 is 0 Å². The highest BCUT2D eigenvalue weighted by Gasteiger charge is 2.30. The van der Waals surface area contributed by atoms with E-state index in [-0.39, 0.29) is 5.41 Å². The molecule has 0 aromatic heterocycles. The van der Waals surface area contributed by atoms with Crippen molar-refractivity contribution in [3.05, 3.63) is 35.9 Å². The summed E-state index contributed by atoms with van der Waals surface area (Å²) < 4.78 is 5.74. The molecule has 1 aromatic carbocycles. The van der Waals surface area contributed by atoms with Gasteiger partial charge in [0.15, 0.2) is 0 Å². The maximum Gasteiger partial charge on any atom is 0.0574 e. The largest absolute Gasteiger partial charge is 0.381 e. The Kier molecular flexibility index (Phi) is 6.37. The lowest BCUT2D eigenvalue weighted by Crippen LogP contribution is -2.44. The monoisotopic (exact) mass is 249 g/mol. The van der Waals surface area contributed by atoms with Gasteiger partial charge in [-0.15, -0.1) is 0 Å². The first-order chi connectivity index (χ1) is 8.64. The fourth-order valence-corrected chi connectivity index (χ4v) is 2.16. The lowest BCUT2D eigenvalue weighted by Gasteiger charge is -2.34. The molecule has 0 saturated heterocycles. The van der Waals surface area contributed by atoms with E-state index in [4.69, 9.17) is 4.74 Å². The summed E-state index contributed by atoms with van der Waals surface area (Å²) in [6, 6.07) is 11.2. The minimum absolute atomic E-state index is 0.0849. The van der Waals surface area contributed by atoms with Crippen molar-refractivity contribution in [2.75, 3.05) is 19.8 Å². The molecular formula is C16H27NO. The van der Waals surface area contributed by atoms with E-state index in [1.54, 1.807) is 0 Å². The van der Waals surface area contributed by atoms with Crippen molar-refractivity contribution in [3.63, 3.8) is 0 Å². The minimum Gasteiger partial charge on any atom is -0.381 e. The molecule has 0 aliphatic rings. The third-order valence-electron chi connectivity index (χ3n) is 3.49. The number of benzene rings is 1. The Balaban J connectivity index is 2.90. The number of nitrogens with one attached hydrogen (secondary N) is 1. The highest BCUT2D eigenvalue weighted by molar-refractivity contribution is 5.26. The Bertz CT molecular complexity index is 323. The van der Waals surface area contributed by atoms with E-state index >= 15 is 0 Å². The standard InChI is InChI=1S/C16H27NO/c1-5-16(13-18-6-2,12-17-14(3)4)15-10-8-7-9-11-15/h7-11,14,17H,5-6,12-13H2,1-4H3. The molecule has 1 unspecified atom stereocenters. The number of rotatable bonds is 8. The van der Waals surface area contributed by atoms with E-state index in [1.165, 1.54) is 5.56 Å². The Labute approximate surface area is 112 Å². The highest BCUT2D eigenvalue weighted by Crippen LogP contribution is 2.28. The second-order valence-corrected chi connectivity index (χ2v) is 5.17. The van der Waals surface area contributed by atoms with E-state index in [0.29, 0.717) is 6.04 Å². The van der Waals surface area contributed by atoms with Gasteiger partial charge in [-0.3, -0.25) is 0 Å². The smallest absolute Gasteiger partial charge is 0.0574 e. The number of hydrogen-bond donors (Lipinski definition) is 1. The Morgan fingerprint density at radius 2 is 1.83 bits per heavy atom. The van der Waals surface area contributed by atoms with Crippen LogP contribution in [0.15, 0.2) is 30.3 Å². The molecule has 0 amide bonds. The van der Waals surface area contributed by atoms with Crippen molar-refractivity contribution in [1.82, 2.24) is 5.32 Å². The molecule has 1 aromatic rings. The lowest BCUT2D eigenvalue weighted by atomic mass is 9.78. The lowest BCUT2D eigenvalue weighted by molar-refractivity contribution is 0.0874. The van der Waals surface area contributed by atoms with E-state index in [0.717, 1.165) is 26.2 Å². The van der Waals surface area contributed by atoms with Gasteiger partial charge < -0.3 is 10.1 Å². The molecule has 2 heteroatoms. The molecule has 0 spiro atoms. The first-order valence-electron chi connectivity index (χ1n) is 7.01. The molecule has 1 rings (SSSR count). The predicted molar refractivity (Wildman–Crippen MR) is 78.0 cm³/mol. The summed E-state index contributed by atoms with van der Waals surface area (Å²) in [4.78, 5) is 0. The highest BCUT2D eigenvalue weighted by atomic mass is 16.5. The third kappa shape index (κ3) is 4.11. The fraction of sp³-hybridized carbons (Fsp3) is 0.625. The van der Waals surface area contributed by atoms with E-state index in [9.17, 15) is 0 Å². The van der Waals surface area contributed by atoms with Crippen molar-refractivity contribution in [3.8, 4) is 0 Å². The van der Waals surface area contributed by atoms with Crippen LogP contribution in [0, 0.1) is 0 Å². The van der Waals surface area contributed by atoms with Crippen LogP contribution in [0.4, 0.5) is 0 Å². The Morgan fingerprint density at radius 1 is 1.17 bits per heavy atom. The van der Waals surface area contributed by atoms with Gasteiger partial charge in [0.2, 0.25) is 0 Å². The average Bonchev–Trinajstić information content (AvgIpc) is 2.40. The molecule has 1 atom stereocenters. The van der Waals surface area contributed by atoms with Gasteiger partial charge in [-0.25, -0.2) is 0 Å². The van der Waals surface area contributed by atoms with Gasteiger partial charge in [-0.05, 0) is 18.9 Å². The van der Waals surface area contributed by atoms with Crippen LogP contribution < -0.4 is 5.32 Å². The van der Waals surface area contributed by atoms with Gasteiger partial charge in [-0.2, -0.15) is 0 Å². The summed E-state index contributed by atoms with van der Waals surface area (Å²) in [5.41, 5.74) is 1.45.